The number of ether oxygens (including phenoxy) is 1. The van der Waals surface area contributed by atoms with Crippen LogP contribution >= 0.6 is 0 Å². The molecule has 1 aliphatic rings. The molecule has 0 spiro atoms. The molecular weight excluding hydrogens is 292 g/mol. The molecule has 118 valence electrons. The molecule has 1 unspecified atom stereocenters. The van der Waals surface area contributed by atoms with Crippen LogP contribution in [0.3, 0.4) is 0 Å². The highest BCUT2D eigenvalue weighted by atomic mass is 16.6. The largest absolute Gasteiger partial charge is 0.505 e. The number of carbonyl (C=O) groups excluding carboxylic acids is 1. The predicted molar refractivity (Wildman–Crippen MR) is 87.1 cm³/mol. The number of benzene rings is 2. The molecule has 0 saturated heterocycles. The van der Waals surface area contributed by atoms with Crippen LogP contribution in [0.15, 0.2) is 54.0 Å². The maximum Gasteiger partial charge on any atom is 0.378 e. The molecule has 0 aromatic heterocycles. The van der Waals surface area contributed by atoms with Crippen LogP contribution in [0.2, 0.25) is 0 Å². The maximum absolute atomic E-state index is 11.4. The molecule has 2 N–H and O–H groups in total. The van der Waals surface area contributed by atoms with E-state index in [1.165, 1.54) is 11.1 Å². The molecule has 4 heteroatoms. The molecule has 1 heterocycles. The van der Waals surface area contributed by atoms with Crippen molar-refractivity contribution in [2.45, 2.75) is 26.4 Å². The Morgan fingerprint density at radius 3 is 2.04 bits per heavy atom. The van der Waals surface area contributed by atoms with Crippen molar-refractivity contribution in [1.29, 1.82) is 0 Å². The molecule has 23 heavy (non-hydrogen) atoms. The Hall–Kier alpha value is -2.75. The average molecular weight is 310 g/mol. The van der Waals surface area contributed by atoms with Crippen molar-refractivity contribution in [2.75, 3.05) is 0 Å². The van der Waals surface area contributed by atoms with Crippen LogP contribution in [-0.4, -0.2) is 16.2 Å². The van der Waals surface area contributed by atoms with Crippen molar-refractivity contribution >= 4 is 5.97 Å². The summed E-state index contributed by atoms with van der Waals surface area (Å²) in [5.74, 6) is -2.10. The molecule has 0 fully saturated rings. The lowest BCUT2D eigenvalue weighted by atomic mass is 9.92. The van der Waals surface area contributed by atoms with E-state index in [0.29, 0.717) is 5.56 Å². The van der Waals surface area contributed by atoms with Gasteiger partial charge < -0.3 is 14.9 Å². The number of cyclic esters (lactones) is 1. The standard InChI is InChI=1S/C19H18O4/c1-11-4-5-14(10-12(11)2)13-6-8-15(9-7-13)19(3)17(21)16(20)18(22)23-19/h4-10,20-21H,1-3H3. The van der Waals surface area contributed by atoms with E-state index in [1.807, 2.05) is 12.1 Å². The highest BCUT2D eigenvalue weighted by molar-refractivity contribution is 5.90. The average Bonchev–Trinajstić information content (AvgIpc) is 2.74. The summed E-state index contributed by atoms with van der Waals surface area (Å²) in [6, 6.07) is 13.6. The molecule has 1 aliphatic heterocycles. The zero-order valence-corrected chi connectivity index (χ0v) is 13.3. The first-order chi connectivity index (χ1) is 10.8. The zero-order chi connectivity index (χ0) is 16.8. The molecule has 0 aliphatic carbocycles. The van der Waals surface area contributed by atoms with Gasteiger partial charge in [-0.05, 0) is 43.0 Å². The minimum atomic E-state index is -1.34. The van der Waals surface area contributed by atoms with Gasteiger partial charge in [-0.15, -0.1) is 0 Å². The van der Waals surface area contributed by atoms with E-state index in [2.05, 4.69) is 32.0 Å². The van der Waals surface area contributed by atoms with Gasteiger partial charge in [0.2, 0.25) is 5.76 Å². The Bertz CT molecular complexity index is 818. The number of carbonyl (C=O) groups is 1. The lowest BCUT2D eigenvalue weighted by molar-refractivity contribution is -0.149. The van der Waals surface area contributed by atoms with E-state index < -0.39 is 23.1 Å². The van der Waals surface area contributed by atoms with Crippen molar-refractivity contribution in [3.63, 3.8) is 0 Å². The maximum atomic E-state index is 11.4. The molecule has 4 nitrogen and oxygen atoms in total. The molecular formula is C19H18O4. The number of aliphatic hydroxyl groups excluding tert-OH is 2. The second-order valence-electron chi connectivity index (χ2n) is 6.00. The minimum absolute atomic E-state index is 0.457. The Morgan fingerprint density at radius 2 is 1.52 bits per heavy atom. The number of aryl methyl sites for hydroxylation is 2. The number of aliphatic hydroxyl groups is 2. The summed E-state index contributed by atoms with van der Waals surface area (Å²) in [4.78, 5) is 11.4. The Morgan fingerprint density at radius 1 is 0.913 bits per heavy atom. The topological polar surface area (TPSA) is 66.8 Å². The summed E-state index contributed by atoms with van der Waals surface area (Å²) in [5, 5.41) is 19.5. The Kier molecular flexibility index (Phi) is 3.40. The normalized spacial score (nSPS) is 20.7. The number of hydrogen-bond donors (Lipinski definition) is 2. The van der Waals surface area contributed by atoms with Crippen molar-refractivity contribution < 1.29 is 19.7 Å². The molecule has 3 rings (SSSR count). The van der Waals surface area contributed by atoms with Gasteiger partial charge in [0, 0.05) is 5.56 Å². The van der Waals surface area contributed by atoms with Gasteiger partial charge in [0.25, 0.3) is 0 Å². The fourth-order valence-corrected chi connectivity index (χ4v) is 2.70. The van der Waals surface area contributed by atoms with E-state index >= 15 is 0 Å². The second kappa shape index (κ2) is 5.16. The summed E-state index contributed by atoms with van der Waals surface area (Å²) in [5.41, 5.74) is 3.83. The van der Waals surface area contributed by atoms with Gasteiger partial charge in [0.05, 0.1) is 0 Å². The van der Waals surface area contributed by atoms with Gasteiger partial charge in [-0.1, -0.05) is 42.5 Å². The first-order valence-corrected chi connectivity index (χ1v) is 7.37. The molecule has 0 bridgehead atoms. The predicted octanol–water partition coefficient (Wildman–Crippen LogP) is 4.07. The lowest BCUT2D eigenvalue weighted by Gasteiger charge is -2.23. The smallest absolute Gasteiger partial charge is 0.378 e. The molecule has 0 radical (unpaired) electrons. The van der Waals surface area contributed by atoms with Crippen LogP contribution < -0.4 is 0 Å². The lowest BCUT2D eigenvalue weighted by Crippen LogP contribution is -2.25. The Balaban J connectivity index is 1.97. The SMILES string of the molecule is Cc1ccc(-c2ccc(C3(C)OC(=O)C(O)=C3O)cc2)cc1C. The summed E-state index contributed by atoms with van der Waals surface area (Å²) >= 11 is 0. The summed E-state index contributed by atoms with van der Waals surface area (Å²) in [6.45, 7) is 5.69. The van der Waals surface area contributed by atoms with Gasteiger partial charge in [0.15, 0.2) is 11.4 Å². The first-order valence-electron chi connectivity index (χ1n) is 7.37. The van der Waals surface area contributed by atoms with E-state index in [0.717, 1.165) is 11.1 Å². The Labute approximate surface area is 134 Å². The van der Waals surface area contributed by atoms with E-state index in [-0.39, 0.29) is 0 Å². The highest BCUT2D eigenvalue weighted by Gasteiger charge is 2.46. The quantitative estimate of drug-likeness (QED) is 0.821. The molecule has 0 amide bonds. The van der Waals surface area contributed by atoms with Crippen LogP contribution in [0.25, 0.3) is 11.1 Å². The summed E-state index contributed by atoms with van der Waals surface area (Å²) < 4.78 is 5.13. The van der Waals surface area contributed by atoms with Crippen LogP contribution in [0.4, 0.5) is 0 Å². The molecule has 2 aromatic rings. The van der Waals surface area contributed by atoms with Gasteiger partial charge in [-0.2, -0.15) is 0 Å². The number of hydrogen-bond acceptors (Lipinski definition) is 4. The van der Waals surface area contributed by atoms with Crippen LogP contribution in [0.5, 0.6) is 0 Å². The third-order valence-electron chi connectivity index (χ3n) is 4.44. The van der Waals surface area contributed by atoms with Crippen LogP contribution in [0, 0.1) is 13.8 Å². The second-order valence-corrected chi connectivity index (χ2v) is 6.00. The van der Waals surface area contributed by atoms with E-state index in [9.17, 15) is 15.0 Å². The highest BCUT2D eigenvalue weighted by Crippen LogP contribution is 2.39. The monoisotopic (exact) mass is 310 g/mol. The summed E-state index contributed by atoms with van der Waals surface area (Å²) in [7, 11) is 0. The fourth-order valence-electron chi connectivity index (χ4n) is 2.70. The third kappa shape index (κ3) is 2.36. The van der Waals surface area contributed by atoms with Gasteiger partial charge in [-0.3, -0.25) is 0 Å². The van der Waals surface area contributed by atoms with Crippen molar-refractivity contribution in [3.8, 4) is 11.1 Å². The van der Waals surface area contributed by atoms with Crippen molar-refractivity contribution in [1.82, 2.24) is 0 Å². The van der Waals surface area contributed by atoms with E-state index in [4.69, 9.17) is 4.74 Å². The summed E-state index contributed by atoms with van der Waals surface area (Å²) in [6.07, 6.45) is 0. The number of rotatable bonds is 2. The van der Waals surface area contributed by atoms with Gasteiger partial charge >= 0.3 is 5.97 Å². The van der Waals surface area contributed by atoms with Crippen LogP contribution in [-0.2, 0) is 15.1 Å². The fraction of sp³-hybridized carbons (Fsp3) is 0.211. The third-order valence-corrected chi connectivity index (χ3v) is 4.44. The van der Waals surface area contributed by atoms with E-state index in [1.54, 1.807) is 19.1 Å². The molecule has 1 atom stereocenters. The number of esters is 1. The zero-order valence-electron chi connectivity index (χ0n) is 13.3. The van der Waals surface area contributed by atoms with Crippen molar-refractivity contribution in [2.24, 2.45) is 0 Å². The molecule has 0 saturated carbocycles. The first kappa shape index (κ1) is 15.2. The van der Waals surface area contributed by atoms with Crippen molar-refractivity contribution in [3.05, 3.63) is 70.7 Å². The molecule has 2 aromatic carbocycles. The minimum Gasteiger partial charge on any atom is -0.505 e. The van der Waals surface area contributed by atoms with Crippen LogP contribution in [0.1, 0.15) is 23.6 Å². The van der Waals surface area contributed by atoms with Gasteiger partial charge in [-0.25, -0.2) is 4.79 Å². The van der Waals surface area contributed by atoms with Gasteiger partial charge in [0.1, 0.15) is 0 Å².